The lowest BCUT2D eigenvalue weighted by molar-refractivity contribution is 0.123. The van der Waals surface area contributed by atoms with Crippen LogP contribution in [0.25, 0.3) is 22.3 Å². The number of hydrogen-bond donors (Lipinski definition) is 1. The van der Waals surface area contributed by atoms with Crippen LogP contribution in [0.1, 0.15) is 25.6 Å². The van der Waals surface area contributed by atoms with E-state index in [1.54, 1.807) is 6.07 Å². The quantitative estimate of drug-likeness (QED) is 0.781. The molecule has 0 unspecified atom stereocenters. The fourth-order valence-corrected chi connectivity index (χ4v) is 3.53. The van der Waals surface area contributed by atoms with Gasteiger partial charge in [0, 0.05) is 24.7 Å². The molecule has 6 nitrogen and oxygen atoms in total. The van der Waals surface area contributed by atoms with E-state index in [2.05, 4.69) is 24.8 Å². The molecule has 1 saturated heterocycles. The van der Waals surface area contributed by atoms with Crippen LogP contribution in [0, 0.1) is 6.92 Å². The number of phenolic OH excluding ortho intramolecular Hbond substituents is 1. The highest BCUT2D eigenvalue weighted by Crippen LogP contribution is 2.36. The van der Waals surface area contributed by atoms with Crippen molar-refractivity contribution in [2.75, 3.05) is 31.2 Å². The maximum Gasteiger partial charge on any atom is 0.161 e. The molecule has 3 aromatic rings. The molecule has 0 aliphatic carbocycles. The van der Waals surface area contributed by atoms with Gasteiger partial charge in [-0.3, -0.25) is 0 Å². The van der Waals surface area contributed by atoms with Gasteiger partial charge in [0.15, 0.2) is 5.65 Å². The molecule has 3 heterocycles. The molecule has 1 aliphatic heterocycles. The zero-order valence-electron chi connectivity index (χ0n) is 15.4. The third kappa shape index (κ3) is 2.80. The maximum absolute atomic E-state index is 10.3. The summed E-state index contributed by atoms with van der Waals surface area (Å²) in [4.78, 5) is 7.22. The van der Waals surface area contributed by atoms with Gasteiger partial charge in [-0.25, -0.2) is 9.67 Å². The van der Waals surface area contributed by atoms with Crippen LogP contribution in [0.5, 0.6) is 5.75 Å². The highest BCUT2D eigenvalue weighted by atomic mass is 16.5. The van der Waals surface area contributed by atoms with Crippen molar-refractivity contribution in [2.45, 2.75) is 26.8 Å². The highest BCUT2D eigenvalue weighted by molar-refractivity contribution is 5.95. The van der Waals surface area contributed by atoms with E-state index in [0.29, 0.717) is 13.2 Å². The Balaban J connectivity index is 1.99. The Morgan fingerprint density at radius 1 is 1.15 bits per heavy atom. The number of phenols is 1. The first kappa shape index (κ1) is 16.8. The second-order valence-corrected chi connectivity index (χ2v) is 6.97. The van der Waals surface area contributed by atoms with Gasteiger partial charge < -0.3 is 14.7 Å². The molecule has 0 radical (unpaired) electrons. The SMILES string of the molecule is Cc1nn(C(C)C)c2nc(-c3ccccc3O)cc(N3CCOCC3)c12. The van der Waals surface area contributed by atoms with Gasteiger partial charge in [0.05, 0.1) is 35.7 Å². The lowest BCUT2D eigenvalue weighted by Crippen LogP contribution is -2.36. The van der Waals surface area contributed by atoms with Gasteiger partial charge in [-0.2, -0.15) is 5.10 Å². The van der Waals surface area contributed by atoms with Gasteiger partial charge in [-0.05, 0) is 39.0 Å². The normalized spacial score (nSPS) is 15.2. The lowest BCUT2D eigenvalue weighted by atomic mass is 10.1. The second kappa shape index (κ2) is 6.61. The van der Waals surface area contributed by atoms with Gasteiger partial charge in [0.2, 0.25) is 0 Å². The minimum Gasteiger partial charge on any atom is -0.507 e. The molecule has 0 atom stereocenters. The van der Waals surface area contributed by atoms with Gasteiger partial charge in [0.25, 0.3) is 0 Å². The van der Waals surface area contributed by atoms with Crippen molar-refractivity contribution < 1.29 is 9.84 Å². The number of rotatable bonds is 3. The smallest absolute Gasteiger partial charge is 0.161 e. The Hall–Kier alpha value is -2.60. The number of anilines is 1. The first-order valence-corrected chi connectivity index (χ1v) is 9.07. The number of aromatic nitrogens is 3. The number of fused-ring (bicyclic) bond motifs is 1. The van der Waals surface area contributed by atoms with Crippen LogP contribution in [0.2, 0.25) is 0 Å². The molecule has 1 aromatic carbocycles. The summed E-state index contributed by atoms with van der Waals surface area (Å²) in [6.07, 6.45) is 0. The van der Waals surface area contributed by atoms with Gasteiger partial charge in [-0.15, -0.1) is 0 Å². The van der Waals surface area contributed by atoms with E-state index < -0.39 is 0 Å². The largest absolute Gasteiger partial charge is 0.507 e. The predicted molar refractivity (Wildman–Crippen MR) is 103 cm³/mol. The Kier molecular flexibility index (Phi) is 4.28. The number of ether oxygens (including phenoxy) is 1. The van der Waals surface area contributed by atoms with E-state index in [9.17, 15) is 5.11 Å². The molecule has 0 amide bonds. The first-order valence-electron chi connectivity index (χ1n) is 9.07. The monoisotopic (exact) mass is 352 g/mol. The van der Waals surface area contributed by atoms with Crippen molar-refractivity contribution in [3.8, 4) is 17.0 Å². The topological polar surface area (TPSA) is 63.4 Å². The molecule has 26 heavy (non-hydrogen) atoms. The zero-order chi connectivity index (χ0) is 18.3. The Morgan fingerprint density at radius 3 is 2.58 bits per heavy atom. The number of pyridine rings is 1. The van der Waals surface area contributed by atoms with Crippen LogP contribution in [-0.2, 0) is 4.74 Å². The minimum atomic E-state index is 0.204. The predicted octanol–water partition coefficient (Wildman–Crippen LogP) is 3.53. The number of para-hydroxylation sites is 1. The van der Waals surface area contributed by atoms with E-state index in [1.165, 1.54) is 0 Å². The van der Waals surface area contributed by atoms with Crippen molar-refractivity contribution in [2.24, 2.45) is 0 Å². The summed E-state index contributed by atoms with van der Waals surface area (Å²) < 4.78 is 7.49. The summed E-state index contributed by atoms with van der Waals surface area (Å²) >= 11 is 0. The Labute approximate surface area is 153 Å². The number of aryl methyl sites for hydroxylation is 1. The summed E-state index contributed by atoms with van der Waals surface area (Å²) in [5.74, 6) is 0.236. The van der Waals surface area contributed by atoms with Crippen LogP contribution in [0.15, 0.2) is 30.3 Å². The van der Waals surface area contributed by atoms with Crippen LogP contribution < -0.4 is 4.90 Å². The van der Waals surface area contributed by atoms with Crippen LogP contribution in [0.4, 0.5) is 5.69 Å². The molecule has 1 N–H and O–H groups in total. The van der Waals surface area contributed by atoms with Crippen molar-refractivity contribution in [3.05, 3.63) is 36.0 Å². The second-order valence-electron chi connectivity index (χ2n) is 6.97. The standard InChI is InChI=1S/C20H24N4O2/c1-13(2)24-20-19(14(3)22-24)17(23-8-10-26-11-9-23)12-16(21-20)15-6-4-5-7-18(15)25/h4-7,12-13,25H,8-11H2,1-3H3. The summed E-state index contributed by atoms with van der Waals surface area (Å²) in [5.41, 5.74) is 4.45. The van der Waals surface area contributed by atoms with Gasteiger partial charge in [-0.1, -0.05) is 12.1 Å². The third-order valence-corrected chi connectivity index (χ3v) is 4.84. The molecular formula is C20H24N4O2. The van der Waals surface area contributed by atoms with E-state index in [-0.39, 0.29) is 11.8 Å². The number of benzene rings is 1. The van der Waals surface area contributed by atoms with Crippen molar-refractivity contribution in [1.82, 2.24) is 14.8 Å². The lowest BCUT2D eigenvalue weighted by Gasteiger charge is -2.30. The molecule has 0 saturated carbocycles. The van der Waals surface area contributed by atoms with Gasteiger partial charge in [0.1, 0.15) is 5.75 Å². The van der Waals surface area contributed by atoms with Gasteiger partial charge >= 0.3 is 0 Å². The molecule has 6 heteroatoms. The van der Waals surface area contributed by atoms with Crippen LogP contribution in [-0.4, -0.2) is 46.2 Å². The minimum absolute atomic E-state index is 0.204. The molecule has 1 aliphatic rings. The summed E-state index contributed by atoms with van der Waals surface area (Å²) in [5, 5.41) is 16.1. The summed E-state index contributed by atoms with van der Waals surface area (Å²) in [6.45, 7) is 9.35. The molecule has 4 rings (SSSR count). The number of aromatic hydroxyl groups is 1. The van der Waals surface area contributed by atoms with E-state index >= 15 is 0 Å². The van der Waals surface area contributed by atoms with E-state index in [4.69, 9.17) is 14.8 Å². The number of morpholine rings is 1. The number of hydrogen-bond acceptors (Lipinski definition) is 5. The number of nitrogens with zero attached hydrogens (tertiary/aromatic N) is 4. The van der Waals surface area contributed by atoms with Crippen molar-refractivity contribution in [1.29, 1.82) is 0 Å². The van der Waals surface area contributed by atoms with E-state index in [1.807, 2.05) is 29.8 Å². The molecule has 0 spiro atoms. The fourth-order valence-electron chi connectivity index (χ4n) is 3.53. The molecule has 1 fully saturated rings. The third-order valence-electron chi connectivity index (χ3n) is 4.84. The zero-order valence-corrected chi connectivity index (χ0v) is 15.4. The maximum atomic E-state index is 10.3. The van der Waals surface area contributed by atoms with Crippen LogP contribution >= 0.6 is 0 Å². The first-order chi connectivity index (χ1) is 12.6. The van der Waals surface area contributed by atoms with Crippen LogP contribution in [0.3, 0.4) is 0 Å². The van der Waals surface area contributed by atoms with E-state index in [0.717, 1.165) is 46.8 Å². The Bertz CT molecular complexity index is 942. The summed E-state index contributed by atoms with van der Waals surface area (Å²) in [6, 6.07) is 9.61. The Morgan fingerprint density at radius 2 is 1.88 bits per heavy atom. The fraction of sp³-hybridized carbons (Fsp3) is 0.400. The van der Waals surface area contributed by atoms with Crippen molar-refractivity contribution in [3.63, 3.8) is 0 Å². The molecule has 136 valence electrons. The molecular weight excluding hydrogens is 328 g/mol. The highest BCUT2D eigenvalue weighted by Gasteiger charge is 2.22. The molecule has 2 aromatic heterocycles. The summed E-state index contributed by atoms with van der Waals surface area (Å²) in [7, 11) is 0. The average Bonchev–Trinajstić information content (AvgIpc) is 2.99. The van der Waals surface area contributed by atoms with Crippen molar-refractivity contribution >= 4 is 16.7 Å². The molecule has 0 bridgehead atoms. The average molecular weight is 352 g/mol.